The lowest BCUT2D eigenvalue weighted by Crippen LogP contribution is -2.51. The molecule has 3 rings (SSSR count). The second kappa shape index (κ2) is 6.98. The lowest BCUT2D eigenvalue weighted by atomic mass is 9.93. The van der Waals surface area contributed by atoms with Crippen LogP contribution in [0.2, 0.25) is 0 Å². The number of amides is 1. The fraction of sp³-hybridized carbons (Fsp3) is 0.588. The van der Waals surface area contributed by atoms with Crippen molar-refractivity contribution >= 4 is 11.9 Å². The molecule has 0 N–H and O–H groups in total. The number of aromatic nitrogens is 2. The summed E-state index contributed by atoms with van der Waals surface area (Å²) in [6, 6.07) is 1.82. The molecule has 1 aromatic rings. The number of piperazine rings is 1. The summed E-state index contributed by atoms with van der Waals surface area (Å²) in [7, 11) is 1.61. The van der Waals surface area contributed by atoms with Crippen molar-refractivity contribution in [2.24, 2.45) is 5.92 Å². The maximum absolute atomic E-state index is 12.6. The number of rotatable bonds is 3. The number of allylic oxidation sites excluding steroid dienone is 2. The van der Waals surface area contributed by atoms with Gasteiger partial charge in [0, 0.05) is 43.9 Å². The first-order valence-corrected chi connectivity index (χ1v) is 8.26. The fourth-order valence-electron chi connectivity index (χ4n) is 3.17. The third-order valence-corrected chi connectivity index (χ3v) is 4.52. The average Bonchev–Trinajstić information content (AvgIpc) is 2.61. The number of nitrogens with zero attached hydrogens (tertiary/aromatic N) is 4. The zero-order valence-electron chi connectivity index (χ0n) is 13.9. The highest BCUT2D eigenvalue weighted by Crippen LogP contribution is 2.22. The molecule has 0 bridgehead atoms. The predicted octanol–water partition coefficient (Wildman–Crippen LogP) is 1.80. The van der Waals surface area contributed by atoms with Crippen molar-refractivity contribution in [1.29, 1.82) is 0 Å². The molecule has 1 aliphatic carbocycles. The lowest BCUT2D eigenvalue weighted by molar-refractivity contribution is -0.136. The van der Waals surface area contributed by atoms with Gasteiger partial charge in [0.15, 0.2) is 0 Å². The van der Waals surface area contributed by atoms with E-state index in [0.717, 1.165) is 51.1 Å². The van der Waals surface area contributed by atoms with Gasteiger partial charge in [0.2, 0.25) is 17.7 Å². The summed E-state index contributed by atoms with van der Waals surface area (Å²) in [5.41, 5.74) is 0.888. The lowest BCUT2D eigenvalue weighted by Gasteiger charge is -2.36. The maximum Gasteiger partial charge on any atom is 0.228 e. The fourth-order valence-corrected chi connectivity index (χ4v) is 3.17. The quantitative estimate of drug-likeness (QED) is 0.796. The van der Waals surface area contributed by atoms with Crippen LogP contribution in [0, 0.1) is 12.8 Å². The molecule has 124 valence electrons. The summed E-state index contributed by atoms with van der Waals surface area (Å²) >= 11 is 0. The smallest absolute Gasteiger partial charge is 0.228 e. The zero-order valence-corrected chi connectivity index (χ0v) is 13.9. The van der Waals surface area contributed by atoms with E-state index in [-0.39, 0.29) is 5.92 Å². The number of anilines is 1. The van der Waals surface area contributed by atoms with Gasteiger partial charge in [-0.1, -0.05) is 12.2 Å². The number of aryl methyl sites for hydroxylation is 1. The Labute approximate surface area is 137 Å². The average molecular weight is 316 g/mol. The van der Waals surface area contributed by atoms with E-state index in [9.17, 15) is 4.79 Å². The zero-order chi connectivity index (χ0) is 16.2. The number of hydrogen-bond acceptors (Lipinski definition) is 5. The molecule has 0 unspecified atom stereocenters. The van der Waals surface area contributed by atoms with Crippen LogP contribution >= 0.6 is 0 Å². The summed E-state index contributed by atoms with van der Waals surface area (Å²) in [4.78, 5) is 25.6. The SMILES string of the molecule is COc1cc(C)nc(N2CCN(C(=O)[C@H]3CC=CCC3)CC2)n1. The van der Waals surface area contributed by atoms with Crippen molar-refractivity contribution in [3.63, 3.8) is 0 Å². The Morgan fingerprint density at radius 1 is 1.22 bits per heavy atom. The molecule has 1 saturated heterocycles. The highest BCUT2D eigenvalue weighted by Gasteiger charge is 2.28. The highest BCUT2D eigenvalue weighted by atomic mass is 16.5. The molecule has 0 spiro atoms. The van der Waals surface area contributed by atoms with Crippen molar-refractivity contribution in [1.82, 2.24) is 14.9 Å². The Hall–Kier alpha value is -2.11. The van der Waals surface area contributed by atoms with Gasteiger partial charge in [-0.15, -0.1) is 0 Å². The maximum atomic E-state index is 12.6. The van der Waals surface area contributed by atoms with Gasteiger partial charge in [-0.3, -0.25) is 4.79 Å². The van der Waals surface area contributed by atoms with E-state index in [2.05, 4.69) is 27.0 Å². The molecule has 1 aromatic heterocycles. The number of carbonyl (C=O) groups is 1. The molecule has 6 heteroatoms. The Bertz CT molecular complexity index is 594. The van der Waals surface area contributed by atoms with Crippen LogP contribution in [0.4, 0.5) is 5.95 Å². The van der Waals surface area contributed by atoms with E-state index >= 15 is 0 Å². The van der Waals surface area contributed by atoms with Crippen molar-refractivity contribution in [2.45, 2.75) is 26.2 Å². The molecule has 1 atom stereocenters. The number of hydrogen-bond donors (Lipinski definition) is 0. The van der Waals surface area contributed by atoms with Crippen LogP contribution in [-0.4, -0.2) is 54.1 Å². The monoisotopic (exact) mass is 316 g/mol. The predicted molar refractivity (Wildman–Crippen MR) is 88.6 cm³/mol. The summed E-state index contributed by atoms with van der Waals surface area (Å²) < 4.78 is 5.22. The van der Waals surface area contributed by atoms with E-state index in [1.807, 2.05) is 17.9 Å². The number of carbonyl (C=O) groups excluding carboxylic acids is 1. The van der Waals surface area contributed by atoms with Gasteiger partial charge in [0.05, 0.1) is 7.11 Å². The first-order valence-electron chi connectivity index (χ1n) is 8.26. The molecular weight excluding hydrogens is 292 g/mol. The van der Waals surface area contributed by atoms with Gasteiger partial charge in [-0.05, 0) is 26.2 Å². The molecule has 1 aliphatic heterocycles. The Kier molecular flexibility index (Phi) is 4.79. The normalized spacial score (nSPS) is 21.4. The molecule has 0 saturated carbocycles. The largest absolute Gasteiger partial charge is 0.481 e. The van der Waals surface area contributed by atoms with E-state index in [1.165, 1.54) is 0 Å². The van der Waals surface area contributed by atoms with Gasteiger partial charge in [0.25, 0.3) is 0 Å². The van der Waals surface area contributed by atoms with E-state index in [1.54, 1.807) is 7.11 Å². The molecule has 2 heterocycles. The molecule has 0 radical (unpaired) electrons. The Morgan fingerprint density at radius 2 is 2.00 bits per heavy atom. The van der Waals surface area contributed by atoms with Crippen molar-refractivity contribution in [3.8, 4) is 5.88 Å². The molecule has 1 amide bonds. The van der Waals surface area contributed by atoms with Gasteiger partial charge >= 0.3 is 0 Å². The number of methoxy groups -OCH3 is 1. The Morgan fingerprint density at radius 3 is 2.65 bits per heavy atom. The van der Waals surface area contributed by atoms with Crippen LogP contribution in [0.25, 0.3) is 0 Å². The van der Waals surface area contributed by atoms with Crippen molar-refractivity contribution in [2.75, 3.05) is 38.2 Å². The van der Waals surface area contributed by atoms with Crippen LogP contribution in [0.15, 0.2) is 18.2 Å². The molecule has 23 heavy (non-hydrogen) atoms. The van der Waals surface area contributed by atoms with Gasteiger partial charge in [-0.2, -0.15) is 4.98 Å². The molecular formula is C17H24N4O2. The van der Waals surface area contributed by atoms with Crippen molar-refractivity contribution < 1.29 is 9.53 Å². The summed E-state index contributed by atoms with van der Waals surface area (Å²) in [5, 5.41) is 0. The summed E-state index contributed by atoms with van der Waals surface area (Å²) in [5.74, 6) is 1.74. The first-order chi connectivity index (χ1) is 11.2. The van der Waals surface area contributed by atoms with Crippen molar-refractivity contribution in [3.05, 3.63) is 23.9 Å². The van der Waals surface area contributed by atoms with E-state index in [0.29, 0.717) is 17.7 Å². The van der Waals surface area contributed by atoms with Crippen LogP contribution in [0.1, 0.15) is 25.0 Å². The molecule has 2 aliphatic rings. The third-order valence-electron chi connectivity index (χ3n) is 4.52. The molecule has 6 nitrogen and oxygen atoms in total. The number of ether oxygens (including phenoxy) is 1. The second-order valence-corrected chi connectivity index (χ2v) is 6.15. The van der Waals surface area contributed by atoms with Crippen LogP contribution < -0.4 is 9.64 Å². The Balaban J connectivity index is 1.61. The summed E-state index contributed by atoms with van der Waals surface area (Å²) in [6.45, 7) is 4.93. The highest BCUT2D eigenvalue weighted by molar-refractivity contribution is 5.79. The van der Waals surface area contributed by atoms with Crippen LogP contribution in [0.3, 0.4) is 0 Å². The first kappa shape index (κ1) is 15.8. The van der Waals surface area contributed by atoms with Gasteiger partial charge in [0.1, 0.15) is 0 Å². The minimum atomic E-state index is 0.168. The molecule has 0 aromatic carbocycles. The van der Waals surface area contributed by atoms with Gasteiger partial charge < -0.3 is 14.5 Å². The topological polar surface area (TPSA) is 58.6 Å². The van der Waals surface area contributed by atoms with E-state index in [4.69, 9.17) is 4.74 Å². The minimum absolute atomic E-state index is 0.168. The summed E-state index contributed by atoms with van der Waals surface area (Å²) in [6.07, 6.45) is 7.19. The van der Waals surface area contributed by atoms with Gasteiger partial charge in [-0.25, -0.2) is 4.98 Å². The minimum Gasteiger partial charge on any atom is -0.481 e. The second-order valence-electron chi connectivity index (χ2n) is 6.15. The third kappa shape index (κ3) is 3.63. The van der Waals surface area contributed by atoms with Crippen LogP contribution in [-0.2, 0) is 4.79 Å². The van der Waals surface area contributed by atoms with Crippen LogP contribution in [0.5, 0.6) is 5.88 Å². The standard InChI is InChI=1S/C17H24N4O2/c1-13-12-15(23-2)19-17(18-13)21-10-8-20(9-11-21)16(22)14-6-4-3-5-7-14/h3-4,12,14H,5-11H2,1-2H3/t14-/m0/s1. The molecule has 1 fully saturated rings. The van der Waals surface area contributed by atoms with E-state index < -0.39 is 0 Å².